The molecule has 2 aromatic rings. The molecule has 2 aromatic carbocycles. The van der Waals surface area contributed by atoms with Crippen molar-refractivity contribution in [2.75, 3.05) is 6.54 Å². The van der Waals surface area contributed by atoms with Crippen LogP contribution in [-0.2, 0) is 22.6 Å². The molecule has 1 N–H and O–H groups in total. The Labute approximate surface area is 160 Å². The van der Waals surface area contributed by atoms with Crippen molar-refractivity contribution in [3.63, 3.8) is 0 Å². The second kappa shape index (κ2) is 9.39. The smallest absolute Gasteiger partial charge is 0.242 e. The lowest BCUT2D eigenvalue weighted by atomic mass is 10.0. The number of carbonyl (C=O) groups is 2. The van der Waals surface area contributed by atoms with E-state index in [2.05, 4.69) is 5.32 Å². The lowest BCUT2D eigenvalue weighted by Crippen LogP contribution is -2.48. The van der Waals surface area contributed by atoms with Crippen LogP contribution in [0.3, 0.4) is 0 Å². The maximum absolute atomic E-state index is 13.0. The summed E-state index contributed by atoms with van der Waals surface area (Å²) in [5.41, 5.74) is 2.84. The normalized spacial score (nSPS) is 11.7. The van der Waals surface area contributed by atoms with E-state index >= 15 is 0 Å². The number of hydrogen-bond acceptors (Lipinski definition) is 2. The molecule has 0 spiro atoms. The fraction of sp³-hybridized carbons (Fsp3) is 0.333. The molecule has 0 fully saturated rings. The first-order chi connectivity index (χ1) is 12.4. The molecule has 4 nitrogen and oxygen atoms in total. The van der Waals surface area contributed by atoms with Crippen LogP contribution in [0.5, 0.6) is 0 Å². The van der Waals surface area contributed by atoms with Gasteiger partial charge < -0.3 is 10.2 Å². The van der Waals surface area contributed by atoms with Crippen LogP contribution < -0.4 is 5.32 Å². The lowest BCUT2D eigenvalue weighted by Gasteiger charge is -2.29. The molecule has 0 unspecified atom stereocenters. The standard InChI is InChI=1S/C21H25ClN2O2/c1-4-23-21(26)16(3)24(14-18-11-7-8-12-19(18)22)20(25)13-17-10-6-5-9-15(17)2/h5-12,16H,4,13-14H2,1-3H3,(H,23,26)/t16-/m1/s1. The minimum absolute atomic E-state index is 0.0991. The highest BCUT2D eigenvalue weighted by Crippen LogP contribution is 2.20. The Morgan fingerprint density at radius 3 is 2.31 bits per heavy atom. The van der Waals surface area contributed by atoms with E-state index in [1.807, 2.05) is 56.3 Å². The van der Waals surface area contributed by atoms with Gasteiger partial charge in [0.2, 0.25) is 11.8 Å². The zero-order chi connectivity index (χ0) is 19.1. The molecule has 0 aliphatic carbocycles. The Hall–Kier alpha value is -2.33. The van der Waals surface area contributed by atoms with Gasteiger partial charge in [0, 0.05) is 18.1 Å². The highest BCUT2D eigenvalue weighted by molar-refractivity contribution is 6.31. The molecule has 0 aliphatic rings. The van der Waals surface area contributed by atoms with Crippen LogP contribution in [0.2, 0.25) is 5.02 Å². The number of halogens is 1. The molecule has 5 heteroatoms. The monoisotopic (exact) mass is 372 g/mol. The summed E-state index contributed by atoms with van der Waals surface area (Å²) in [7, 11) is 0. The first-order valence-corrected chi connectivity index (χ1v) is 9.17. The first-order valence-electron chi connectivity index (χ1n) is 8.79. The molecule has 2 rings (SSSR count). The minimum Gasteiger partial charge on any atom is -0.355 e. The van der Waals surface area contributed by atoms with Gasteiger partial charge in [-0.25, -0.2) is 0 Å². The summed E-state index contributed by atoms with van der Waals surface area (Å²) in [6, 6.07) is 14.6. The topological polar surface area (TPSA) is 49.4 Å². The molecule has 2 amide bonds. The fourth-order valence-corrected chi connectivity index (χ4v) is 2.98. The van der Waals surface area contributed by atoms with E-state index in [-0.39, 0.29) is 18.2 Å². The highest BCUT2D eigenvalue weighted by atomic mass is 35.5. The second-order valence-corrected chi connectivity index (χ2v) is 6.69. The summed E-state index contributed by atoms with van der Waals surface area (Å²) in [6.07, 6.45) is 0.251. The van der Waals surface area contributed by atoms with Crippen molar-refractivity contribution in [1.29, 1.82) is 0 Å². The van der Waals surface area contributed by atoms with Crippen LogP contribution >= 0.6 is 11.6 Å². The van der Waals surface area contributed by atoms with Crippen molar-refractivity contribution in [1.82, 2.24) is 10.2 Å². The van der Waals surface area contributed by atoms with E-state index in [9.17, 15) is 9.59 Å². The van der Waals surface area contributed by atoms with Crippen molar-refractivity contribution in [2.45, 2.75) is 39.8 Å². The van der Waals surface area contributed by atoms with Crippen LogP contribution in [-0.4, -0.2) is 29.3 Å². The third-order valence-corrected chi connectivity index (χ3v) is 4.79. The van der Waals surface area contributed by atoms with Crippen LogP contribution in [0.1, 0.15) is 30.5 Å². The number of benzene rings is 2. The van der Waals surface area contributed by atoms with E-state index < -0.39 is 6.04 Å². The molecule has 0 saturated heterocycles. The third-order valence-electron chi connectivity index (χ3n) is 4.42. The van der Waals surface area contributed by atoms with Gasteiger partial charge in [0.15, 0.2) is 0 Å². The first kappa shape index (κ1) is 20.0. The molecule has 26 heavy (non-hydrogen) atoms. The summed E-state index contributed by atoms with van der Waals surface area (Å²) in [5, 5.41) is 3.38. The number of nitrogens with zero attached hydrogens (tertiary/aromatic N) is 1. The van der Waals surface area contributed by atoms with Gasteiger partial charge in [-0.05, 0) is 43.5 Å². The van der Waals surface area contributed by atoms with Crippen molar-refractivity contribution in [2.24, 2.45) is 0 Å². The Balaban J connectivity index is 2.27. The second-order valence-electron chi connectivity index (χ2n) is 6.29. The number of rotatable bonds is 7. The molecule has 138 valence electrons. The van der Waals surface area contributed by atoms with Crippen molar-refractivity contribution >= 4 is 23.4 Å². The summed E-state index contributed by atoms with van der Waals surface area (Å²) in [5.74, 6) is -0.268. The van der Waals surface area contributed by atoms with E-state index in [1.54, 1.807) is 17.9 Å². The molecular formula is C21H25ClN2O2. The Morgan fingerprint density at radius 1 is 1.08 bits per heavy atom. The zero-order valence-corrected chi connectivity index (χ0v) is 16.2. The predicted octanol–water partition coefficient (Wildman–Crippen LogP) is 3.74. The summed E-state index contributed by atoms with van der Waals surface area (Å²) in [6.45, 7) is 6.40. The lowest BCUT2D eigenvalue weighted by molar-refractivity contribution is -0.140. The average Bonchev–Trinajstić information content (AvgIpc) is 2.62. The summed E-state index contributed by atoms with van der Waals surface area (Å²) >= 11 is 6.27. The Morgan fingerprint density at radius 2 is 1.69 bits per heavy atom. The molecule has 1 atom stereocenters. The van der Waals surface area contributed by atoms with Gasteiger partial charge in [0.1, 0.15) is 6.04 Å². The van der Waals surface area contributed by atoms with Crippen LogP contribution in [0.15, 0.2) is 48.5 Å². The van der Waals surface area contributed by atoms with Crippen molar-refractivity contribution in [3.05, 3.63) is 70.2 Å². The Kier molecular flexibility index (Phi) is 7.22. The SMILES string of the molecule is CCNC(=O)[C@@H](C)N(Cc1ccccc1Cl)C(=O)Cc1ccccc1C. The van der Waals surface area contributed by atoms with Gasteiger partial charge in [-0.2, -0.15) is 0 Å². The molecule has 0 radical (unpaired) electrons. The predicted molar refractivity (Wildman–Crippen MR) is 105 cm³/mol. The number of aryl methyl sites for hydroxylation is 1. The third kappa shape index (κ3) is 5.09. The van der Waals surface area contributed by atoms with E-state index in [1.165, 1.54) is 0 Å². The molecule has 0 aromatic heterocycles. The van der Waals surface area contributed by atoms with Crippen molar-refractivity contribution in [3.8, 4) is 0 Å². The summed E-state index contributed by atoms with van der Waals surface area (Å²) in [4.78, 5) is 27.0. The number of likely N-dealkylation sites (N-methyl/N-ethyl adjacent to an activating group) is 1. The molecule has 0 bridgehead atoms. The maximum atomic E-state index is 13.0. The molecule has 0 heterocycles. The number of carbonyl (C=O) groups excluding carboxylic acids is 2. The van der Waals surface area contributed by atoms with Gasteiger partial charge in [-0.3, -0.25) is 9.59 Å². The van der Waals surface area contributed by atoms with Crippen LogP contribution in [0, 0.1) is 6.92 Å². The highest BCUT2D eigenvalue weighted by Gasteiger charge is 2.26. The average molecular weight is 373 g/mol. The van der Waals surface area contributed by atoms with Gasteiger partial charge in [-0.15, -0.1) is 0 Å². The quantitative estimate of drug-likeness (QED) is 0.804. The minimum atomic E-state index is -0.581. The van der Waals surface area contributed by atoms with Gasteiger partial charge in [-0.1, -0.05) is 54.1 Å². The fourth-order valence-electron chi connectivity index (χ4n) is 2.79. The van der Waals surface area contributed by atoms with E-state index in [4.69, 9.17) is 11.6 Å². The largest absolute Gasteiger partial charge is 0.355 e. The molecule has 0 saturated carbocycles. The van der Waals surface area contributed by atoms with Crippen LogP contribution in [0.4, 0.5) is 0 Å². The van der Waals surface area contributed by atoms with Gasteiger partial charge in [0.05, 0.1) is 6.42 Å². The van der Waals surface area contributed by atoms with Gasteiger partial charge >= 0.3 is 0 Å². The maximum Gasteiger partial charge on any atom is 0.242 e. The zero-order valence-electron chi connectivity index (χ0n) is 15.5. The number of hydrogen-bond donors (Lipinski definition) is 1. The number of nitrogens with one attached hydrogen (secondary N) is 1. The van der Waals surface area contributed by atoms with E-state index in [0.29, 0.717) is 18.1 Å². The van der Waals surface area contributed by atoms with Crippen molar-refractivity contribution < 1.29 is 9.59 Å². The van der Waals surface area contributed by atoms with Gasteiger partial charge in [0.25, 0.3) is 0 Å². The number of amides is 2. The Bertz CT molecular complexity index is 776. The summed E-state index contributed by atoms with van der Waals surface area (Å²) < 4.78 is 0. The van der Waals surface area contributed by atoms with Crippen LogP contribution in [0.25, 0.3) is 0 Å². The van der Waals surface area contributed by atoms with E-state index in [0.717, 1.165) is 16.7 Å². The molecular weight excluding hydrogens is 348 g/mol. The molecule has 0 aliphatic heterocycles.